The molecule has 0 saturated heterocycles. The van der Waals surface area contributed by atoms with Gasteiger partial charge in [-0.1, -0.05) is 52.8 Å². The zero-order valence-electron chi connectivity index (χ0n) is 15.2. The van der Waals surface area contributed by atoms with Crippen LogP contribution in [-0.4, -0.2) is 35.0 Å². The fourth-order valence-electron chi connectivity index (χ4n) is 1.58. The molecule has 4 heteroatoms. The van der Waals surface area contributed by atoms with E-state index in [1.165, 1.54) is 0 Å². The summed E-state index contributed by atoms with van der Waals surface area (Å²) < 4.78 is 5.05. The van der Waals surface area contributed by atoms with Crippen LogP contribution >= 0.6 is 0 Å². The first-order valence-corrected chi connectivity index (χ1v) is 8.12. The molecule has 4 nitrogen and oxygen atoms in total. The molecule has 0 fully saturated rings. The molecule has 0 aliphatic heterocycles. The van der Waals surface area contributed by atoms with Gasteiger partial charge in [0, 0.05) is 0 Å². The molecule has 1 rings (SSSR count). The van der Waals surface area contributed by atoms with Gasteiger partial charge >= 0.3 is 5.97 Å². The summed E-state index contributed by atoms with van der Waals surface area (Å²) in [7, 11) is 0. The molecule has 0 saturated carbocycles. The highest BCUT2D eigenvalue weighted by molar-refractivity contribution is 5.89. The van der Waals surface area contributed by atoms with Gasteiger partial charge < -0.3 is 14.9 Å². The Kier molecular flexibility index (Phi) is 9.77. The van der Waals surface area contributed by atoms with Gasteiger partial charge in [0.15, 0.2) is 0 Å². The van der Waals surface area contributed by atoms with Crippen molar-refractivity contribution in [3.63, 3.8) is 0 Å². The first-order chi connectivity index (χ1) is 10.5. The van der Waals surface area contributed by atoms with Gasteiger partial charge in [-0.2, -0.15) is 0 Å². The minimum Gasteiger partial charge on any atom is -0.462 e. The minimum absolute atomic E-state index is 0.114. The molecule has 2 unspecified atom stereocenters. The van der Waals surface area contributed by atoms with Gasteiger partial charge in [0.1, 0.15) is 0 Å². The van der Waals surface area contributed by atoms with E-state index in [4.69, 9.17) is 9.84 Å². The van der Waals surface area contributed by atoms with E-state index in [1.807, 2.05) is 52.8 Å². The molecule has 1 aromatic rings. The van der Waals surface area contributed by atoms with Crippen LogP contribution in [0.4, 0.5) is 0 Å². The number of aliphatic hydroxyl groups excluding tert-OH is 2. The van der Waals surface area contributed by atoms with Gasteiger partial charge in [0.25, 0.3) is 0 Å². The lowest BCUT2D eigenvalue weighted by molar-refractivity contribution is 0.0188. The van der Waals surface area contributed by atoms with Crippen molar-refractivity contribution in [2.24, 2.45) is 11.3 Å². The second kappa shape index (κ2) is 10.4. The van der Waals surface area contributed by atoms with Crippen LogP contribution in [-0.2, 0) is 4.74 Å². The predicted molar refractivity (Wildman–Crippen MR) is 93.3 cm³/mol. The molecule has 0 amide bonds. The summed E-state index contributed by atoms with van der Waals surface area (Å²) in [5.74, 6) is 0.141. The average Bonchev–Trinajstić information content (AvgIpc) is 2.44. The summed E-state index contributed by atoms with van der Waals surface area (Å²) in [5, 5.41) is 18.3. The molecule has 0 spiro atoms. The number of aliphatic hydroxyl groups is 2. The van der Waals surface area contributed by atoms with Gasteiger partial charge in [0.05, 0.1) is 24.4 Å². The van der Waals surface area contributed by atoms with Crippen molar-refractivity contribution in [2.75, 3.05) is 6.61 Å². The van der Waals surface area contributed by atoms with Crippen LogP contribution in [0.25, 0.3) is 0 Å². The van der Waals surface area contributed by atoms with E-state index < -0.39 is 12.2 Å². The number of benzene rings is 1. The largest absolute Gasteiger partial charge is 0.462 e. The van der Waals surface area contributed by atoms with Gasteiger partial charge in [-0.25, -0.2) is 4.79 Å². The van der Waals surface area contributed by atoms with Crippen LogP contribution in [0.5, 0.6) is 0 Å². The second-order valence-electron chi connectivity index (χ2n) is 7.32. The van der Waals surface area contributed by atoms with E-state index in [-0.39, 0.29) is 11.4 Å². The average molecular weight is 324 g/mol. The Morgan fingerprint density at radius 2 is 1.61 bits per heavy atom. The molecular weight excluding hydrogens is 292 g/mol. The molecule has 0 heterocycles. The lowest BCUT2D eigenvalue weighted by atomic mass is 9.86. The maximum atomic E-state index is 11.3. The Bertz CT molecular complexity index is 432. The lowest BCUT2D eigenvalue weighted by Gasteiger charge is -2.26. The van der Waals surface area contributed by atoms with Crippen molar-refractivity contribution < 1.29 is 19.7 Å². The van der Waals surface area contributed by atoms with Gasteiger partial charge in [-0.3, -0.25) is 0 Å². The van der Waals surface area contributed by atoms with Crippen molar-refractivity contribution in [3.8, 4) is 0 Å². The van der Waals surface area contributed by atoms with Crippen molar-refractivity contribution >= 4 is 5.97 Å². The Morgan fingerprint density at radius 3 is 1.96 bits per heavy atom. The monoisotopic (exact) mass is 324 g/mol. The molecule has 0 aliphatic rings. The van der Waals surface area contributed by atoms with Gasteiger partial charge in [-0.05, 0) is 36.8 Å². The predicted octanol–water partition coefficient (Wildman–Crippen LogP) is 3.66. The fourth-order valence-corrected chi connectivity index (χ4v) is 1.58. The highest BCUT2D eigenvalue weighted by Crippen LogP contribution is 2.22. The van der Waals surface area contributed by atoms with Crippen molar-refractivity contribution in [1.29, 1.82) is 0 Å². The third-order valence-electron chi connectivity index (χ3n) is 3.12. The first-order valence-electron chi connectivity index (χ1n) is 8.12. The van der Waals surface area contributed by atoms with Crippen LogP contribution < -0.4 is 0 Å². The Morgan fingerprint density at radius 1 is 1.09 bits per heavy atom. The number of esters is 1. The summed E-state index contributed by atoms with van der Waals surface area (Å²) in [6, 6.07) is 9.03. The van der Waals surface area contributed by atoms with Gasteiger partial charge in [-0.15, -0.1) is 0 Å². The Labute approximate surface area is 140 Å². The van der Waals surface area contributed by atoms with E-state index in [0.29, 0.717) is 24.5 Å². The number of hydrogen-bond donors (Lipinski definition) is 2. The van der Waals surface area contributed by atoms with Gasteiger partial charge in [0.2, 0.25) is 0 Å². The Balaban J connectivity index is 0.000000438. The molecule has 0 aliphatic carbocycles. The molecule has 23 heavy (non-hydrogen) atoms. The van der Waals surface area contributed by atoms with Crippen LogP contribution in [0.2, 0.25) is 0 Å². The fraction of sp³-hybridized carbons (Fsp3) is 0.632. The summed E-state index contributed by atoms with van der Waals surface area (Å²) in [6.45, 7) is 12.1. The van der Waals surface area contributed by atoms with Crippen LogP contribution in [0.1, 0.15) is 58.3 Å². The lowest BCUT2D eigenvalue weighted by Crippen LogP contribution is -2.29. The van der Waals surface area contributed by atoms with E-state index in [9.17, 15) is 9.90 Å². The van der Waals surface area contributed by atoms with Crippen molar-refractivity contribution in [3.05, 3.63) is 35.9 Å². The van der Waals surface area contributed by atoms with E-state index in [2.05, 4.69) is 0 Å². The topological polar surface area (TPSA) is 66.8 Å². The van der Waals surface area contributed by atoms with E-state index >= 15 is 0 Å². The summed E-state index contributed by atoms with van der Waals surface area (Å²) in [6.07, 6.45) is -0.356. The quantitative estimate of drug-likeness (QED) is 0.811. The molecule has 2 atom stereocenters. The standard InChI is InChI=1S/C11H14O2.C8H18O2/c1-9(2)8-13-11(12)10-6-4-3-5-7-10;1-6(9)5-7(10)8(2,3)4/h3-7,9H,8H2,1-2H3;6-7,9-10H,5H2,1-4H3. The number of hydrogen-bond acceptors (Lipinski definition) is 4. The second-order valence-corrected chi connectivity index (χ2v) is 7.32. The van der Waals surface area contributed by atoms with Crippen LogP contribution in [0, 0.1) is 11.3 Å². The third kappa shape index (κ3) is 10.9. The first kappa shape index (κ1) is 21.6. The zero-order chi connectivity index (χ0) is 18.0. The Hall–Kier alpha value is -1.39. The molecule has 2 N–H and O–H groups in total. The normalized spacial score (nSPS) is 13.8. The summed E-state index contributed by atoms with van der Waals surface area (Å²) in [4.78, 5) is 11.3. The van der Waals surface area contributed by atoms with Crippen molar-refractivity contribution in [2.45, 2.75) is 60.2 Å². The van der Waals surface area contributed by atoms with Crippen molar-refractivity contribution in [1.82, 2.24) is 0 Å². The SMILES string of the molecule is CC(C)COC(=O)c1ccccc1.CC(O)CC(O)C(C)(C)C. The molecular formula is C19H32O4. The number of carbonyl (C=O) groups is 1. The number of ether oxygens (including phenoxy) is 1. The highest BCUT2D eigenvalue weighted by Gasteiger charge is 2.22. The highest BCUT2D eigenvalue weighted by atomic mass is 16.5. The molecule has 0 radical (unpaired) electrons. The maximum Gasteiger partial charge on any atom is 0.338 e. The zero-order valence-corrected chi connectivity index (χ0v) is 15.2. The number of rotatable bonds is 5. The van der Waals surface area contributed by atoms with Crippen LogP contribution in [0.15, 0.2) is 30.3 Å². The maximum absolute atomic E-state index is 11.3. The molecule has 1 aromatic carbocycles. The summed E-state index contributed by atoms with van der Waals surface area (Å²) >= 11 is 0. The molecule has 132 valence electrons. The molecule has 0 aromatic heterocycles. The van der Waals surface area contributed by atoms with E-state index in [1.54, 1.807) is 19.1 Å². The molecule has 0 bridgehead atoms. The minimum atomic E-state index is -0.410. The summed E-state index contributed by atoms with van der Waals surface area (Å²) in [5.41, 5.74) is 0.500. The van der Waals surface area contributed by atoms with Crippen LogP contribution in [0.3, 0.4) is 0 Å². The third-order valence-corrected chi connectivity index (χ3v) is 3.12. The number of carbonyl (C=O) groups excluding carboxylic acids is 1. The smallest absolute Gasteiger partial charge is 0.338 e. The van der Waals surface area contributed by atoms with E-state index in [0.717, 1.165) is 0 Å².